The van der Waals surface area contributed by atoms with E-state index in [0.29, 0.717) is 12.8 Å². The predicted octanol–water partition coefficient (Wildman–Crippen LogP) is 0.406. The Labute approximate surface area is 129 Å². The number of carbonyl (C=O) groups excluding carboxylic acids is 3. The van der Waals surface area contributed by atoms with Gasteiger partial charge in [0.15, 0.2) is 6.23 Å². The van der Waals surface area contributed by atoms with Gasteiger partial charge in [0.2, 0.25) is 0 Å². The summed E-state index contributed by atoms with van der Waals surface area (Å²) < 4.78 is 0. The Bertz CT molecular complexity index is 442. The molecule has 0 saturated carbocycles. The molecule has 8 nitrogen and oxygen atoms in total. The fourth-order valence-electron chi connectivity index (χ4n) is 2.69. The number of hydrogen-bond acceptors (Lipinski definition) is 5. The summed E-state index contributed by atoms with van der Waals surface area (Å²) in [5.41, 5.74) is 0. The number of amides is 3. The lowest BCUT2D eigenvalue weighted by Crippen LogP contribution is -2.35. The van der Waals surface area contributed by atoms with Crippen molar-refractivity contribution >= 4 is 17.9 Å². The van der Waals surface area contributed by atoms with Crippen molar-refractivity contribution in [2.24, 2.45) is 0 Å². The van der Waals surface area contributed by atoms with E-state index in [4.69, 9.17) is 4.84 Å². The molecule has 2 rings (SSSR count). The molecule has 2 fully saturated rings. The van der Waals surface area contributed by atoms with Crippen molar-refractivity contribution in [3.05, 3.63) is 0 Å². The second-order valence-electron chi connectivity index (χ2n) is 5.81. The number of rotatable bonds is 7. The van der Waals surface area contributed by atoms with Crippen molar-refractivity contribution in [3.63, 3.8) is 0 Å². The zero-order valence-corrected chi connectivity index (χ0v) is 12.7. The summed E-state index contributed by atoms with van der Waals surface area (Å²) in [6.45, 7) is 1.96. The van der Waals surface area contributed by atoms with Gasteiger partial charge in [0.25, 0.3) is 5.91 Å². The van der Waals surface area contributed by atoms with Gasteiger partial charge < -0.3 is 20.6 Å². The Morgan fingerprint density at radius 3 is 2.68 bits per heavy atom. The van der Waals surface area contributed by atoms with Crippen LogP contribution in [0.25, 0.3) is 0 Å². The van der Waals surface area contributed by atoms with E-state index < -0.39 is 12.2 Å². The molecule has 0 radical (unpaired) electrons. The van der Waals surface area contributed by atoms with Crippen LogP contribution in [0.5, 0.6) is 0 Å². The number of unbranched alkanes of at least 4 members (excludes halogenated alkanes) is 2. The van der Waals surface area contributed by atoms with Crippen LogP contribution in [0.2, 0.25) is 0 Å². The highest BCUT2D eigenvalue weighted by molar-refractivity contribution is 5.79. The number of aliphatic hydroxyl groups excluding tert-OH is 1. The van der Waals surface area contributed by atoms with Gasteiger partial charge in [0, 0.05) is 25.3 Å². The monoisotopic (exact) mass is 313 g/mol. The second-order valence-corrected chi connectivity index (χ2v) is 5.81. The van der Waals surface area contributed by atoms with E-state index in [1.165, 1.54) is 0 Å². The molecule has 2 aliphatic heterocycles. The molecule has 0 spiro atoms. The van der Waals surface area contributed by atoms with E-state index >= 15 is 0 Å². The molecular weight excluding hydrogens is 290 g/mol. The molecule has 0 aromatic carbocycles. The summed E-state index contributed by atoms with van der Waals surface area (Å²) in [7, 11) is 0. The van der Waals surface area contributed by atoms with Crippen LogP contribution >= 0.6 is 0 Å². The maximum atomic E-state index is 11.6. The maximum absolute atomic E-state index is 11.6. The fourth-order valence-corrected chi connectivity index (χ4v) is 2.69. The number of hydrogen-bond donors (Lipinski definition) is 3. The van der Waals surface area contributed by atoms with Crippen LogP contribution in [0.15, 0.2) is 0 Å². The average Bonchev–Trinajstić information content (AvgIpc) is 2.94. The molecule has 0 aromatic rings. The summed E-state index contributed by atoms with van der Waals surface area (Å²) in [5.74, 6) is -0.863. The Hall–Kier alpha value is -1.83. The molecule has 3 N–H and O–H groups in total. The molecule has 3 atom stereocenters. The van der Waals surface area contributed by atoms with Crippen molar-refractivity contribution in [3.8, 4) is 0 Å². The standard InChI is InChI=1S/C14H23N3O5/c1-9-10(16-14(21)15-9)5-3-2-4-6-13(20)22-17-11(18)7-8-12(17)19/h9-11,18H,2-8H2,1H3,(H2,15,16,21)/t9-,10+,11?/m0/s1. The van der Waals surface area contributed by atoms with Gasteiger partial charge in [-0.3, -0.25) is 4.79 Å². The third kappa shape index (κ3) is 4.33. The first kappa shape index (κ1) is 16.5. The highest BCUT2D eigenvalue weighted by Crippen LogP contribution is 2.18. The largest absolute Gasteiger partial charge is 0.370 e. The summed E-state index contributed by atoms with van der Waals surface area (Å²) >= 11 is 0. The first-order valence-corrected chi connectivity index (χ1v) is 7.75. The van der Waals surface area contributed by atoms with Gasteiger partial charge in [-0.25, -0.2) is 9.59 Å². The topological polar surface area (TPSA) is 108 Å². The van der Waals surface area contributed by atoms with Crippen LogP contribution in [-0.4, -0.2) is 46.4 Å². The summed E-state index contributed by atoms with van der Waals surface area (Å²) in [6, 6.07) is 0.131. The molecule has 124 valence electrons. The Balaban J connectivity index is 1.56. The van der Waals surface area contributed by atoms with Crippen molar-refractivity contribution in [2.75, 3.05) is 0 Å². The zero-order chi connectivity index (χ0) is 16.1. The Morgan fingerprint density at radius 1 is 1.32 bits per heavy atom. The van der Waals surface area contributed by atoms with Crippen molar-refractivity contribution in [2.45, 2.75) is 70.2 Å². The number of urea groups is 1. The molecular formula is C14H23N3O5. The molecule has 2 aliphatic rings. The molecule has 3 amide bonds. The van der Waals surface area contributed by atoms with Crippen LogP contribution in [0.4, 0.5) is 4.79 Å². The lowest BCUT2D eigenvalue weighted by Gasteiger charge is -2.18. The molecule has 22 heavy (non-hydrogen) atoms. The quantitative estimate of drug-likeness (QED) is 0.590. The Kier molecular flexibility index (Phi) is 5.59. The SMILES string of the molecule is C[C@@H]1NC(=O)N[C@@H]1CCCCCC(=O)ON1C(=O)CCC1O. The normalized spacial score (nSPS) is 27.7. The predicted molar refractivity (Wildman–Crippen MR) is 76.2 cm³/mol. The highest BCUT2D eigenvalue weighted by atomic mass is 16.7. The number of hydroxylamine groups is 2. The van der Waals surface area contributed by atoms with Crippen LogP contribution in [0.1, 0.15) is 51.9 Å². The van der Waals surface area contributed by atoms with Gasteiger partial charge in [-0.2, -0.15) is 0 Å². The maximum Gasteiger partial charge on any atom is 0.332 e. The molecule has 0 aliphatic carbocycles. The van der Waals surface area contributed by atoms with E-state index in [1.807, 2.05) is 6.92 Å². The van der Waals surface area contributed by atoms with E-state index in [9.17, 15) is 19.5 Å². The number of nitrogens with zero attached hydrogens (tertiary/aromatic N) is 1. The van der Waals surface area contributed by atoms with Crippen LogP contribution in [0, 0.1) is 0 Å². The number of nitrogens with one attached hydrogen (secondary N) is 2. The highest BCUT2D eigenvalue weighted by Gasteiger charge is 2.32. The van der Waals surface area contributed by atoms with Crippen molar-refractivity contribution in [1.29, 1.82) is 0 Å². The molecule has 2 heterocycles. The van der Waals surface area contributed by atoms with Crippen molar-refractivity contribution < 1.29 is 24.3 Å². The first-order valence-electron chi connectivity index (χ1n) is 7.75. The number of carbonyl (C=O) groups is 3. The van der Waals surface area contributed by atoms with E-state index in [1.54, 1.807) is 0 Å². The minimum Gasteiger partial charge on any atom is -0.370 e. The zero-order valence-electron chi connectivity index (χ0n) is 12.7. The van der Waals surface area contributed by atoms with E-state index in [2.05, 4.69) is 10.6 Å². The third-order valence-corrected chi connectivity index (χ3v) is 4.01. The Morgan fingerprint density at radius 2 is 2.09 bits per heavy atom. The molecule has 1 unspecified atom stereocenters. The van der Waals surface area contributed by atoms with Gasteiger partial charge >= 0.3 is 12.0 Å². The minimum atomic E-state index is -1.02. The van der Waals surface area contributed by atoms with Gasteiger partial charge in [-0.1, -0.05) is 12.8 Å². The van der Waals surface area contributed by atoms with Gasteiger partial charge in [-0.15, -0.1) is 5.06 Å². The van der Waals surface area contributed by atoms with Crippen LogP contribution in [0.3, 0.4) is 0 Å². The second kappa shape index (κ2) is 7.44. The fraction of sp³-hybridized carbons (Fsp3) is 0.786. The molecule has 0 bridgehead atoms. The van der Waals surface area contributed by atoms with Gasteiger partial charge in [0.1, 0.15) is 0 Å². The van der Waals surface area contributed by atoms with Gasteiger partial charge in [0.05, 0.1) is 6.04 Å². The minimum absolute atomic E-state index is 0.125. The molecule has 8 heteroatoms. The molecule has 0 aromatic heterocycles. The van der Waals surface area contributed by atoms with Crippen LogP contribution in [-0.2, 0) is 14.4 Å². The van der Waals surface area contributed by atoms with Crippen molar-refractivity contribution in [1.82, 2.24) is 15.7 Å². The molecule has 2 saturated heterocycles. The smallest absolute Gasteiger partial charge is 0.332 e. The summed E-state index contributed by atoms with van der Waals surface area (Å²) in [4.78, 5) is 39.0. The third-order valence-electron chi connectivity index (χ3n) is 4.01. The lowest BCUT2D eigenvalue weighted by atomic mass is 10.0. The van der Waals surface area contributed by atoms with E-state index in [-0.39, 0.29) is 36.9 Å². The average molecular weight is 313 g/mol. The first-order chi connectivity index (χ1) is 10.5. The van der Waals surface area contributed by atoms with Gasteiger partial charge in [-0.05, 0) is 19.8 Å². The number of aliphatic hydroxyl groups is 1. The summed E-state index contributed by atoms with van der Waals surface area (Å²) in [5, 5.41) is 15.9. The summed E-state index contributed by atoms with van der Waals surface area (Å²) in [6.07, 6.45) is 2.94. The van der Waals surface area contributed by atoms with E-state index in [0.717, 1.165) is 24.3 Å². The lowest BCUT2D eigenvalue weighted by molar-refractivity contribution is -0.220. The van der Waals surface area contributed by atoms with Crippen LogP contribution < -0.4 is 10.6 Å².